The van der Waals surface area contributed by atoms with E-state index in [0.717, 1.165) is 23.1 Å². The summed E-state index contributed by atoms with van der Waals surface area (Å²) in [6.45, 7) is 5.60. The van der Waals surface area contributed by atoms with Gasteiger partial charge in [-0.15, -0.1) is 5.10 Å². The summed E-state index contributed by atoms with van der Waals surface area (Å²) >= 11 is 3.47. The summed E-state index contributed by atoms with van der Waals surface area (Å²) in [7, 11) is 1.60. The van der Waals surface area contributed by atoms with Crippen LogP contribution in [0.2, 0.25) is 0 Å². The van der Waals surface area contributed by atoms with E-state index in [-0.39, 0.29) is 0 Å². The van der Waals surface area contributed by atoms with Crippen molar-refractivity contribution in [3.63, 3.8) is 0 Å². The topological polar surface area (TPSA) is 38.3 Å². The predicted molar refractivity (Wildman–Crippen MR) is 70.1 cm³/mol. The van der Waals surface area contributed by atoms with E-state index in [4.69, 9.17) is 4.74 Å². The van der Waals surface area contributed by atoms with Gasteiger partial charge in [0.05, 0.1) is 23.3 Å². The smallest absolute Gasteiger partial charge is 0.247 e. The highest BCUT2D eigenvalue weighted by Crippen LogP contribution is 2.34. The Kier molecular flexibility index (Phi) is 3.99. The summed E-state index contributed by atoms with van der Waals surface area (Å²) in [5.41, 5.74) is 1.03. The van der Waals surface area contributed by atoms with Crippen molar-refractivity contribution in [3.05, 3.63) is 16.2 Å². The first-order valence-corrected chi connectivity index (χ1v) is 6.75. The molecule has 0 radical (unpaired) electrons. The number of hydrogen-bond donors (Lipinski definition) is 0. The Labute approximate surface area is 110 Å². The quantitative estimate of drug-likeness (QED) is 0.860. The number of nitrogens with zero attached hydrogens (tertiary/aromatic N) is 3. The van der Waals surface area contributed by atoms with Crippen LogP contribution in [0.4, 0.5) is 0 Å². The minimum absolute atomic E-state index is 0.393. The lowest BCUT2D eigenvalue weighted by molar-refractivity contribution is 0.201. The first-order valence-electron chi connectivity index (χ1n) is 5.96. The maximum atomic E-state index is 5.10. The molecule has 17 heavy (non-hydrogen) atoms. The lowest BCUT2D eigenvalue weighted by Crippen LogP contribution is -2.30. The van der Waals surface area contributed by atoms with Gasteiger partial charge in [0.25, 0.3) is 0 Å². The Morgan fingerprint density at radius 1 is 1.47 bits per heavy atom. The summed E-state index contributed by atoms with van der Waals surface area (Å²) in [5, 5.41) is 8.37. The van der Waals surface area contributed by atoms with Gasteiger partial charge in [0.2, 0.25) is 5.88 Å². The number of likely N-dealkylation sites (tertiary alicyclic amines) is 1. The van der Waals surface area contributed by atoms with E-state index in [1.165, 1.54) is 6.42 Å². The molecule has 2 rings (SSSR count). The van der Waals surface area contributed by atoms with Crippen LogP contribution in [0.1, 0.15) is 38.4 Å². The third-order valence-electron chi connectivity index (χ3n) is 3.23. The van der Waals surface area contributed by atoms with Gasteiger partial charge in [-0.1, -0.05) is 0 Å². The molecule has 5 heteroatoms. The zero-order valence-corrected chi connectivity index (χ0v) is 12.1. The van der Waals surface area contributed by atoms with Gasteiger partial charge < -0.3 is 4.74 Å². The van der Waals surface area contributed by atoms with Gasteiger partial charge in [-0.2, -0.15) is 5.10 Å². The van der Waals surface area contributed by atoms with Crippen LogP contribution < -0.4 is 4.74 Å². The molecule has 1 fully saturated rings. The largest absolute Gasteiger partial charge is 0.479 e. The molecule has 0 spiro atoms. The molecular weight excluding hydrogens is 282 g/mol. The molecular formula is C12H18BrN3O. The van der Waals surface area contributed by atoms with Crippen LogP contribution in [0, 0.1) is 0 Å². The van der Waals surface area contributed by atoms with Crippen molar-refractivity contribution in [2.24, 2.45) is 0 Å². The number of ether oxygens (including phenoxy) is 1. The molecule has 94 valence electrons. The van der Waals surface area contributed by atoms with E-state index in [1.807, 2.05) is 6.07 Å². The van der Waals surface area contributed by atoms with Crippen molar-refractivity contribution in [1.82, 2.24) is 15.1 Å². The summed E-state index contributed by atoms with van der Waals surface area (Å²) in [4.78, 5) is 2.48. The van der Waals surface area contributed by atoms with Crippen LogP contribution in [-0.2, 0) is 0 Å². The van der Waals surface area contributed by atoms with Gasteiger partial charge in [-0.05, 0) is 55.2 Å². The van der Waals surface area contributed by atoms with Crippen LogP contribution in [0.3, 0.4) is 0 Å². The van der Waals surface area contributed by atoms with E-state index in [0.29, 0.717) is 18.0 Å². The molecule has 0 saturated carbocycles. The van der Waals surface area contributed by atoms with E-state index >= 15 is 0 Å². The molecule has 0 N–H and O–H groups in total. The molecule has 0 amide bonds. The minimum Gasteiger partial charge on any atom is -0.479 e. The first kappa shape index (κ1) is 12.8. The van der Waals surface area contributed by atoms with Gasteiger partial charge in [-0.25, -0.2) is 0 Å². The maximum absolute atomic E-state index is 5.10. The summed E-state index contributed by atoms with van der Waals surface area (Å²) < 4.78 is 5.98. The second kappa shape index (κ2) is 5.31. The van der Waals surface area contributed by atoms with E-state index in [9.17, 15) is 0 Å². The van der Waals surface area contributed by atoms with Crippen molar-refractivity contribution in [1.29, 1.82) is 0 Å². The van der Waals surface area contributed by atoms with Gasteiger partial charge in [0.15, 0.2) is 0 Å². The Bertz CT molecular complexity index is 397. The van der Waals surface area contributed by atoms with Crippen molar-refractivity contribution in [2.75, 3.05) is 13.7 Å². The highest BCUT2D eigenvalue weighted by Gasteiger charge is 2.29. The zero-order valence-electron chi connectivity index (χ0n) is 10.5. The fraction of sp³-hybridized carbons (Fsp3) is 0.667. The number of rotatable bonds is 3. The lowest BCUT2D eigenvalue weighted by atomic mass is 10.1. The normalized spacial score (nSPS) is 21.1. The number of aromatic nitrogens is 2. The molecule has 1 aromatic heterocycles. The van der Waals surface area contributed by atoms with Crippen LogP contribution in [-0.4, -0.2) is 34.8 Å². The fourth-order valence-electron chi connectivity index (χ4n) is 2.40. The number of hydrogen-bond acceptors (Lipinski definition) is 4. The SMILES string of the molecule is COc1nnc(C2CCCN2C(C)C)cc1Br. The highest BCUT2D eigenvalue weighted by molar-refractivity contribution is 9.10. The molecule has 0 aromatic carbocycles. The monoisotopic (exact) mass is 299 g/mol. The molecule has 1 atom stereocenters. The Morgan fingerprint density at radius 2 is 2.24 bits per heavy atom. The predicted octanol–water partition coefficient (Wildman–Crippen LogP) is 2.79. The molecule has 1 saturated heterocycles. The lowest BCUT2D eigenvalue weighted by Gasteiger charge is -2.27. The molecule has 1 aliphatic rings. The van der Waals surface area contributed by atoms with Crippen molar-refractivity contribution < 1.29 is 4.74 Å². The first-order chi connectivity index (χ1) is 8.13. The van der Waals surface area contributed by atoms with Crippen LogP contribution >= 0.6 is 15.9 Å². The molecule has 0 aliphatic carbocycles. The third-order valence-corrected chi connectivity index (χ3v) is 3.80. The molecule has 1 aromatic rings. The average molecular weight is 300 g/mol. The molecule has 0 bridgehead atoms. The van der Waals surface area contributed by atoms with Crippen LogP contribution in [0.25, 0.3) is 0 Å². The van der Waals surface area contributed by atoms with E-state index in [1.54, 1.807) is 7.11 Å². The van der Waals surface area contributed by atoms with Crippen molar-refractivity contribution in [2.45, 2.75) is 38.8 Å². The zero-order chi connectivity index (χ0) is 12.4. The molecule has 4 nitrogen and oxygen atoms in total. The number of methoxy groups -OCH3 is 1. The number of halogens is 1. The second-order valence-electron chi connectivity index (χ2n) is 4.62. The van der Waals surface area contributed by atoms with Crippen LogP contribution in [0.15, 0.2) is 10.5 Å². The van der Waals surface area contributed by atoms with E-state index in [2.05, 4.69) is 44.9 Å². The van der Waals surface area contributed by atoms with Gasteiger partial charge in [0.1, 0.15) is 0 Å². The maximum Gasteiger partial charge on any atom is 0.247 e. The van der Waals surface area contributed by atoms with Gasteiger partial charge in [0, 0.05) is 6.04 Å². The van der Waals surface area contributed by atoms with Crippen LogP contribution in [0.5, 0.6) is 5.88 Å². The summed E-state index contributed by atoms with van der Waals surface area (Å²) in [6, 6.07) is 2.96. The average Bonchev–Trinajstić information content (AvgIpc) is 2.77. The minimum atomic E-state index is 0.393. The van der Waals surface area contributed by atoms with Crippen molar-refractivity contribution in [3.8, 4) is 5.88 Å². The Balaban J connectivity index is 2.24. The van der Waals surface area contributed by atoms with Gasteiger partial charge >= 0.3 is 0 Å². The van der Waals surface area contributed by atoms with Crippen molar-refractivity contribution >= 4 is 15.9 Å². The Hall–Kier alpha value is -0.680. The second-order valence-corrected chi connectivity index (χ2v) is 5.47. The highest BCUT2D eigenvalue weighted by atomic mass is 79.9. The summed E-state index contributed by atoms with van der Waals surface area (Å²) in [6.07, 6.45) is 2.39. The molecule has 2 heterocycles. The summed E-state index contributed by atoms with van der Waals surface area (Å²) in [5.74, 6) is 0.544. The van der Waals surface area contributed by atoms with E-state index < -0.39 is 0 Å². The Morgan fingerprint density at radius 3 is 2.82 bits per heavy atom. The molecule has 1 aliphatic heterocycles. The third kappa shape index (κ3) is 2.60. The molecule has 1 unspecified atom stereocenters. The fourth-order valence-corrected chi connectivity index (χ4v) is 2.87. The van der Waals surface area contributed by atoms with Gasteiger partial charge in [-0.3, -0.25) is 4.90 Å². The standard InChI is InChI=1S/C12H18BrN3O/c1-8(2)16-6-4-5-11(16)10-7-9(13)12(17-3)15-14-10/h7-8,11H,4-6H2,1-3H3.